The Morgan fingerprint density at radius 2 is 2.11 bits per heavy atom. The van der Waals surface area contributed by atoms with E-state index in [4.69, 9.17) is 4.74 Å². The van der Waals surface area contributed by atoms with Crippen molar-refractivity contribution in [3.8, 4) is 5.75 Å². The Bertz CT molecular complexity index is 555. The number of methoxy groups -OCH3 is 1. The first-order chi connectivity index (χ1) is 9.20. The van der Waals surface area contributed by atoms with Crippen molar-refractivity contribution in [3.05, 3.63) is 59.9 Å². The molecule has 1 heterocycles. The van der Waals surface area contributed by atoms with Crippen molar-refractivity contribution in [2.45, 2.75) is 6.54 Å². The number of carbonyl (C=O) groups excluding carboxylic acids is 1. The summed E-state index contributed by atoms with van der Waals surface area (Å²) in [7, 11) is 3.34. The smallest absolute Gasteiger partial charge is 0.254 e. The van der Waals surface area contributed by atoms with E-state index in [-0.39, 0.29) is 5.91 Å². The van der Waals surface area contributed by atoms with Gasteiger partial charge in [-0.05, 0) is 30.3 Å². The van der Waals surface area contributed by atoms with Crippen LogP contribution < -0.4 is 4.74 Å². The van der Waals surface area contributed by atoms with E-state index in [0.717, 1.165) is 5.69 Å². The number of rotatable bonds is 4. The summed E-state index contributed by atoms with van der Waals surface area (Å²) in [5.74, 6) is 0.627. The van der Waals surface area contributed by atoms with E-state index in [1.165, 1.54) is 0 Å². The summed E-state index contributed by atoms with van der Waals surface area (Å²) in [4.78, 5) is 18.1. The fourth-order valence-electron chi connectivity index (χ4n) is 1.78. The molecule has 0 saturated heterocycles. The molecule has 1 aromatic carbocycles. The van der Waals surface area contributed by atoms with Crippen LogP contribution in [-0.2, 0) is 6.54 Å². The highest BCUT2D eigenvalue weighted by Gasteiger charge is 2.12. The van der Waals surface area contributed by atoms with Crippen LogP contribution in [0.15, 0.2) is 48.7 Å². The molecule has 98 valence electrons. The monoisotopic (exact) mass is 256 g/mol. The average Bonchev–Trinajstić information content (AvgIpc) is 2.47. The molecule has 0 spiro atoms. The van der Waals surface area contributed by atoms with Crippen molar-refractivity contribution < 1.29 is 9.53 Å². The molecule has 0 unspecified atom stereocenters. The zero-order chi connectivity index (χ0) is 13.7. The minimum absolute atomic E-state index is 0.0513. The second-order valence-corrected chi connectivity index (χ2v) is 4.21. The van der Waals surface area contributed by atoms with Gasteiger partial charge in [0.25, 0.3) is 5.91 Å². The number of carbonyl (C=O) groups is 1. The van der Waals surface area contributed by atoms with Gasteiger partial charge in [0.05, 0.1) is 19.3 Å². The van der Waals surface area contributed by atoms with Crippen LogP contribution in [0, 0.1) is 0 Å². The molecule has 0 saturated carbocycles. The number of hydrogen-bond donors (Lipinski definition) is 0. The van der Waals surface area contributed by atoms with Gasteiger partial charge in [-0.25, -0.2) is 0 Å². The van der Waals surface area contributed by atoms with Gasteiger partial charge in [0.1, 0.15) is 5.75 Å². The van der Waals surface area contributed by atoms with E-state index in [2.05, 4.69) is 4.98 Å². The van der Waals surface area contributed by atoms with Crippen molar-refractivity contribution in [1.82, 2.24) is 9.88 Å². The van der Waals surface area contributed by atoms with E-state index >= 15 is 0 Å². The van der Waals surface area contributed by atoms with E-state index in [1.807, 2.05) is 24.3 Å². The maximum Gasteiger partial charge on any atom is 0.254 e. The number of ether oxygens (including phenoxy) is 1. The third-order valence-corrected chi connectivity index (χ3v) is 2.79. The summed E-state index contributed by atoms with van der Waals surface area (Å²) in [5, 5.41) is 0. The Balaban J connectivity index is 2.10. The van der Waals surface area contributed by atoms with Crippen LogP contribution in [0.2, 0.25) is 0 Å². The van der Waals surface area contributed by atoms with E-state index in [9.17, 15) is 4.79 Å². The number of nitrogens with zero attached hydrogens (tertiary/aromatic N) is 2. The van der Waals surface area contributed by atoms with Crippen LogP contribution >= 0.6 is 0 Å². The Hall–Kier alpha value is -2.36. The molecule has 1 aromatic heterocycles. The van der Waals surface area contributed by atoms with Gasteiger partial charge >= 0.3 is 0 Å². The summed E-state index contributed by atoms with van der Waals surface area (Å²) in [5.41, 5.74) is 1.47. The van der Waals surface area contributed by atoms with Gasteiger partial charge in [-0.15, -0.1) is 0 Å². The van der Waals surface area contributed by atoms with E-state index < -0.39 is 0 Å². The zero-order valence-electron chi connectivity index (χ0n) is 11.0. The van der Waals surface area contributed by atoms with Crippen LogP contribution in [0.5, 0.6) is 5.75 Å². The normalized spacial score (nSPS) is 10.0. The van der Waals surface area contributed by atoms with Gasteiger partial charge < -0.3 is 9.64 Å². The SMILES string of the molecule is COc1cccc(C(=O)N(C)Cc2ccccn2)c1. The molecular weight excluding hydrogens is 240 g/mol. The third-order valence-electron chi connectivity index (χ3n) is 2.79. The van der Waals surface area contributed by atoms with Crippen LogP contribution in [0.1, 0.15) is 16.1 Å². The van der Waals surface area contributed by atoms with Crippen molar-refractivity contribution in [3.63, 3.8) is 0 Å². The second-order valence-electron chi connectivity index (χ2n) is 4.21. The summed E-state index contributed by atoms with van der Waals surface area (Å²) < 4.78 is 5.12. The van der Waals surface area contributed by atoms with Gasteiger partial charge in [0.2, 0.25) is 0 Å². The first kappa shape index (κ1) is 13.1. The molecule has 2 aromatic rings. The van der Waals surface area contributed by atoms with Crippen LogP contribution in [0.25, 0.3) is 0 Å². The molecule has 0 bridgehead atoms. The lowest BCUT2D eigenvalue weighted by Crippen LogP contribution is -2.26. The summed E-state index contributed by atoms with van der Waals surface area (Å²) in [6.45, 7) is 0.483. The fourth-order valence-corrected chi connectivity index (χ4v) is 1.78. The minimum Gasteiger partial charge on any atom is -0.497 e. The Morgan fingerprint density at radius 1 is 1.26 bits per heavy atom. The lowest BCUT2D eigenvalue weighted by atomic mass is 10.2. The Kier molecular flexibility index (Phi) is 4.13. The van der Waals surface area contributed by atoms with Gasteiger partial charge in [0.15, 0.2) is 0 Å². The predicted molar refractivity (Wildman–Crippen MR) is 73.0 cm³/mol. The maximum absolute atomic E-state index is 12.3. The number of amides is 1. The predicted octanol–water partition coefficient (Wildman–Crippen LogP) is 2.36. The van der Waals surface area contributed by atoms with Crippen molar-refractivity contribution in [2.75, 3.05) is 14.2 Å². The van der Waals surface area contributed by atoms with Crippen LogP contribution in [0.3, 0.4) is 0 Å². The van der Waals surface area contributed by atoms with E-state index in [0.29, 0.717) is 17.9 Å². The molecule has 4 heteroatoms. The summed E-state index contributed by atoms with van der Waals surface area (Å²) >= 11 is 0. The number of benzene rings is 1. The number of aromatic nitrogens is 1. The molecule has 0 aliphatic carbocycles. The molecule has 2 rings (SSSR count). The van der Waals surface area contributed by atoms with Gasteiger partial charge in [-0.2, -0.15) is 0 Å². The lowest BCUT2D eigenvalue weighted by molar-refractivity contribution is 0.0783. The highest BCUT2D eigenvalue weighted by molar-refractivity contribution is 5.94. The van der Waals surface area contributed by atoms with Crippen molar-refractivity contribution in [1.29, 1.82) is 0 Å². The van der Waals surface area contributed by atoms with Gasteiger partial charge in [-0.1, -0.05) is 12.1 Å². The molecule has 0 aliphatic heterocycles. The molecule has 1 amide bonds. The summed E-state index contributed by atoms with van der Waals surface area (Å²) in [6, 6.07) is 12.8. The summed E-state index contributed by atoms with van der Waals surface area (Å²) in [6.07, 6.45) is 1.72. The number of pyridine rings is 1. The molecule has 0 atom stereocenters. The minimum atomic E-state index is -0.0513. The Labute approximate surface area is 112 Å². The Morgan fingerprint density at radius 3 is 2.79 bits per heavy atom. The number of hydrogen-bond acceptors (Lipinski definition) is 3. The highest BCUT2D eigenvalue weighted by Crippen LogP contribution is 2.14. The van der Waals surface area contributed by atoms with Gasteiger partial charge in [0, 0.05) is 18.8 Å². The molecule has 0 aliphatic rings. The molecule has 0 radical (unpaired) electrons. The average molecular weight is 256 g/mol. The molecule has 0 fully saturated rings. The van der Waals surface area contributed by atoms with Crippen LogP contribution in [0.4, 0.5) is 0 Å². The molecule has 0 N–H and O–H groups in total. The first-order valence-corrected chi connectivity index (χ1v) is 6.00. The standard InChI is InChI=1S/C15H16N2O2/c1-17(11-13-7-3-4-9-16-13)15(18)12-6-5-8-14(10-12)19-2/h3-10H,11H2,1-2H3. The molecule has 4 nitrogen and oxygen atoms in total. The quantitative estimate of drug-likeness (QED) is 0.843. The van der Waals surface area contributed by atoms with Crippen LogP contribution in [-0.4, -0.2) is 29.9 Å². The molecule has 19 heavy (non-hydrogen) atoms. The zero-order valence-corrected chi connectivity index (χ0v) is 11.0. The third kappa shape index (κ3) is 3.31. The topological polar surface area (TPSA) is 42.4 Å². The van der Waals surface area contributed by atoms with Crippen molar-refractivity contribution >= 4 is 5.91 Å². The highest BCUT2D eigenvalue weighted by atomic mass is 16.5. The van der Waals surface area contributed by atoms with Gasteiger partial charge in [-0.3, -0.25) is 9.78 Å². The lowest BCUT2D eigenvalue weighted by Gasteiger charge is -2.17. The van der Waals surface area contributed by atoms with Crippen molar-refractivity contribution in [2.24, 2.45) is 0 Å². The second kappa shape index (κ2) is 6.00. The molecular formula is C15H16N2O2. The maximum atomic E-state index is 12.3. The van der Waals surface area contributed by atoms with E-state index in [1.54, 1.807) is 43.5 Å². The largest absolute Gasteiger partial charge is 0.497 e. The fraction of sp³-hybridized carbons (Fsp3) is 0.200. The first-order valence-electron chi connectivity index (χ1n) is 6.00.